The van der Waals surface area contributed by atoms with E-state index in [9.17, 15) is 0 Å². The van der Waals surface area contributed by atoms with E-state index in [1.165, 1.54) is 154 Å². The molecule has 0 saturated carbocycles. The average Bonchev–Trinajstić information content (AvgIpc) is 1.48. The number of hydrogen-bond donors (Lipinski definition) is 0. The van der Waals surface area contributed by atoms with Gasteiger partial charge in [-0.2, -0.15) is 0 Å². The fourth-order valence-electron chi connectivity index (χ4n) is 13.2. The standard InChI is InChI=1S/C72H108BClN6O6/c1-7-13-19-25-31-37-43-81-61-49-55-56(50-62(61)82-44-38-32-26-20-14-8-2)68-76-70-59-53-65(85-47-41-35-29-23-17-11-5)66(86-48-42-36-30-24-18-12-6)54-60(59)72-77-71-58-52-64(84-46-40-34-28-22-16-10-4)63(83-45-39-33-27-21-15-9-3)51-57(58)69-75-67(55)78(68)73(74,79(69)71)80(70)72/h49-54H,7-48H2,1-6H3. The van der Waals surface area contributed by atoms with Gasteiger partial charge in [-0.15, -0.1) is 0 Å². The van der Waals surface area contributed by atoms with Crippen LogP contribution in [0.25, 0.3) is 21.5 Å². The number of amidine groups is 2. The zero-order valence-electron chi connectivity index (χ0n) is 54.3. The van der Waals surface area contributed by atoms with Gasteiger partial charge in [-0.1, -0.05) is 244 Å². The first kappa shape index (κ1) is 65.3. The van der Waals surface area contributed by atoms with Crippen molar-refractivity contribution in [2.45, 2.75) is 273 Å². The lowest BCUT2D eigenvalue weighted by Crippen LogP contribution is -2.68. The molecule has 0 fully saturated rings. The van der Waals surface area contributed by atoms with Crippen molar-refractivity contribution < 1.29 is 32.9 Å². The van der Waals surface area contributed by atoms with Crippen molar-refractivity contribution in [3.05, 3.63) is 58.5 Å². The topological polar surface area (TPSA) is 105 Å². The first-order chi connectivity index (χ1) is 42.4. The van der Waals surface area contributed by atoms with Crippen LogP contribution in [0.15, 0.2) is 51.4 Å². The minimum Gasteiger partial charge on any atom is -0.490 e. The van der Waals surface area contributed by atoms with Crippen LogP contribution in [0, 0.1) is 0 Å². The highest BCUT2D eigenvalue weighted by Gasteiger charge is 2.55. The highest BCUT2D eigenvalue weighted by molar-refractivity contribution is 7.15. The van der Waals surface area contributed by atoms with Crippen LogP contribution in [0.3, 0.4) is 0 Å². The quantitative estimate of drug-likeness (QED) is 0.0284. The van der Waals surface area contributed by atoms with Gasteiger partial charge in [0.15, 0.2) is 45.8 Å². The summed E-state index contributed by atoms with van der Waals surface area (Å²) >= 11 is 8.82. The van der Waals surface area contributed by atoms with E-state index in [-0.39, 0.29) is 0 Å². The van der Waals surface area contributed by atoms with E-state index in [2.05, 4.69) is 91.4 Å². The summed E-state index contributed by atoms with van der Waals surface area (Å²) in [6.07, 6.45) is 42.5. The lowest BCUT2D eigenvalue weighted by atomic mass is 9.85. The van der Waals surface area contributed by atoms with Gasteiger partial charge in [0, 0.05) is 21.5 Å². The van der Waals surface area contributed by atoms with Crippen LogP contribution in [0.2, 0.25) is 0 Å². The first-order valence-corrected chi connectivity index (χ1v) is 35.8. The van der Waals surface area contributed by atoms with Gasteiger partial charge in [-0.3, -0.25) is 11.5 Å². The molecule has 2 aromatic heterocycles. The number of benzene rings is 3. The van der Waals surface area contributed by atoms with Crippen molar-refractivity contribution >= 4 is 62.3 Å². The van der Waals surface area contributed by atoms with E-state index in [1.807, 2.05) is 0 Å². The van der Waals surface area contributed by atoms with Crippen molar-refractivity contribution in [1.29, 1.82) is 0 Å². The van der Waals surface area contributed by atoms with Crippen LogP contribution in [0.4, 0.5) is 11.6 Å². The van der Waals surface area contributed by atoms with Gasteiger partial charge >= 0.3 is 5.97 Å². The van der Waals surface area contributed by atoms with E-state index in [4.69, 9.17) is 54.9 Å². The van der Waals surface area contributed by atoms with Crippen molar-refractivity contribution in [3.8, 4) is 34.5 Å². The number of aromatic nitrogens is 2. The van der Waals surface area contributed by atoms with Crippen molar-refractivity contribution in [1.82, 2.24) is 8.96 Å². The number of rotatable bonds is 48. The monoisotopic (exact) mass is 1200 g/mol. The molecular formula is C72H108BClN6O6. The molecule has 0 aliphatic carbocycles. The van der Waals surface area contributed by atoms with Crippen molar-refractivity contribution in [2.75, 3.05) is 39.6 Å². The van der Waals surface area contributed by atoms with Crippen LogP contribution >= 0.6 is 11.5 Å². The molecule has 3 aromatic carbocycles. The Morgan fingerprint density at radius 2 is 0.605 bits per heavy atom. The van der Waals surface area contributed by atoms with E-state index in [0.29, 0.717) is 39.6 Å². The van der Waals surface area contributed by atoms with Crippen LogP contribution in [-0.4, -0.2) is 70.7 Å². The number of hydrogen-bond acceptors (Lipinski definition) is 9. The molecule has 0 saturated heterocycles. The minimum atomic E-state index is -2.47. The van der Waals surface area contributed by atoms with E-state index >= 15 is 0 Å². The second-order valence-corrected chi connectivity index (χ2v) is 25.8. The molecule has 14 heteroatoms. The van der Waals surface area contributed by atoms with Crippen LogP contribution < -0.4 is 39.4 Å². The lowest BCUT2D eigenvalue weighted by molar-refractivity contribution is -0.263. The summed E-state index contributed by atoms with van der Waals surface area (Å²) in [6, 6.07) is 13.0. The van der Waals surface area contributed by atoms with Crippen LogP contribution in [-0.2, 0) is 0 Å². The molecule has 0 amide bonds. The van der Waals surface area contributed by atoms with Gasteiger partial charge in [0.2, 0.25) is 11.7 Å². The highest BCUT2D eigenvalue weighted by Crippen LogP contribution is 2.51. The Hall–Kier alpha value is -5.17. The molecule has 5 aromatic rings. The Morgan fingerprint density at radius 3 is 0.953 bits per heavy atom. The third-order valence-corrected chi connectivity index (χ3v) is 18.8. The Labute approximate surface area is 521 Å². The average molecular weight is 1200 g/mol. The van der Waals surface area contributed by atoms with Gasteiger partial charge < -0.3 is 41.9 Å². The molecule has 0 bridgehead atoms. The Kier molecular flexibility index (Phi) is 25.8. The molecule has 0 radical (unpaired) electrons. The summed E-state index contributed by atoms with van der Waals surface area (Å²) in [5.74, 6) is 4.87. The van der Waals surface area contributed by atoms with E-state index in [0.717, 1.165) is 179 Å². The van der Waals surface area contributed by atoms with Crippen molar-refractivity contribution in [3.63, 3.8) is 0 Å². The zero-order chi connectivity index (χ0) is 59.9. The maximum Gasteiger partial charge on any atom is 0.460 e. The second kappa shape index (κ2) is 34.0. The van der Waals surface area contributed by atoms with Crippen LogP contribution in [0.5, 0.6) is 34.5 Å². The third-order valence-electron chi connectivity index (χ3n) is 18.2. The molecule has 4 aliphatic heterocycles. The van der Waals surface area contributed by atoms with Gasteiger partial charge in [-0.05, 0) is 74.9 Å². The fraction of sp³-hybridized carbons (Fsp3) is 0.667. The lowest BCUT2D eigenvalue weighted by Gasteiger charge is -2.43. The first-order valence-electron chi connectivity index (χ1n) is 35.3. The largest absolute Gasteiger partial charge is 0.490 e. The SMILES string of the molecule is CCCCCCCCOc1cc2c(cc1OCCCCCCCC)C1=[N+]3C2=Nc2c4cc(OCCCCCCCC)c(OCCCCCCCC)cc4c4n2[B-]3(Cl)n2c(c3cc(OCCCCCCCC)c(OCCCCCCCC)cc3c2=N4)=N1. The Morgan fingerprint density at radius 1 is 0.326 bits per heavy atom. The summed E-state index contributed by atoms with van der Waals surface area (Å²) < 4.78 is 47.5. The van der Waals surface area contributed by atoms with E-state index < -0.39 is 5.97 Å². The molecule has 4 aliphatic rings. The molecule has 6 heterocycles. The summed E-state index contributed by atoms with van der Waals surface area (Å²) in [6.45, 7) is 17.3. The normalized spacial score (nSPS) is 15.0. The van der Waals surface area contributed by atoms with E-state index in [1.54, 1.807) is 0 Å². The smallest absolute Gasteiger partial charge is 0.460 e. The highest BCUT2D eigenvalue weighted by atomic mass is 35.5. The van der Waals surface area contributed by atoms with Gasteiger partial charge in [0.1, 0.15) is 11.3 Å². The van der Waals surface area contributed by atoms with Crippen molar-refractivity contribution in [2.24, 2.45) is 15.0 Å². The number of aliphatic imine (C=N–C) groups is 1. The van der Waals surface area contributed by atoms with Gasteiger partial charge in [0.05, 0.1) is 50.8 Å². The molecule has 12 nitrogen and oxygen atoms in total. The summed E-state index contributed by atoms with van der Waals surface area (Å²) in [4.78, 5) is 17.2. The zero-order valence-corrected chi connectivity index (χ0v) is 55.0. The molecule has 0 spiro atoms. The van der Waals surface area contributed by atoms with Gasteiger partial charge in [0.25, 0.3) is 0 Å². The summed E-state index contributed by atoms with van der Waals surface area (Å²) in [5, 5.41) is 3.68. The third kappa shape index (κ3) is 15.6. The maximum atomic E-state index is 8.82. The molecule has 86 heavy (non-hydrogen) atoms. The number of nitrogens with zero attached hydrogens (tertiary/aromatic N) is 6. The van der Waals surface area contributed by atoms with Gasteiger partial charge in [-0.25, -0.2) is 4.99 Å². The number of ether oxygens (including phenoxy) is 6. The molecule has 1 unspecified atom stereocenters. The number of halogens is 1. The Bertz CT molecular complexity index is 3170. The Balaban J connectivity index is 1.19. The molecule has 9 rings (SSSR count). The molecule has 472 valence electrons. The number of unbranched alkanes of at least 4 members (excludes halogenated alkanes) is 30. The fourth-order valence-corrected chi connectivity index (χ4v) is 13.8. The molecule has 1 atom stereocenters. The predicted molar refractivity (Wildman–Crippen MR) is 358 cm³/mol. The van der Waals surface area contributed by atoms with Crippen LogP contribution in [0.1, 0.15) is 284 Å². The summed E-state index contributed by atoms with van der Waals surface area (Å²) in [5.41, 5.74) is 3.31. The minimum absolute atomic E-state index is 0.608. The summed E-state index contributed by atoms with van der Waals surface area (Å²) in [7, 11) is 0. The molecular weight excluding hydrogens is 1090 g/mol. The maximum absolute atomic E-state index is 8.82. The number of fused-ring (bicyclic) bond motifs is 9. The second-order valence-electron chi connectivity index (χ2n) is 25.3. The molecule has 0 N–H and O–H groups in total. The predicted octanol–water partition coefficient (Wildman–Crippen LogP) is 19.9.